The molecule has 6 nitrogen and oxygen atoms in total. The number of benzene rings is 1. The quantitative estimate of drug-likeness (QED) is 0.778. The smallest absolute Gasteiger partial charge is 0.370 e. The molecule has 0 N–H and O–H groups in total. The summed E-state index contributed by atoms with van der Waals surface area (Å²) in [6, 6.07) is 1.50. The van der Waals surface area contributed by atoms with Crippen LogP contribution in [0.4, 0.5) is 4.39 Å². The summed E-state index contributed by atoms with van der Waals surface area (Å²) in [6.07, 6.45) is 0. The number of hydrogen-bond acceptors (Lipinski definition) is 6. The van der Waals surface area contributed by atoms with Crippen molar-refractivity contribution < 1.29 is 29.6 Å². The van der Waals surface area contributed by atoms with Crippen molar-refractivity contribution >= 4 is 40.0 Å². The Bertz CT molecular complexity index is 614. The molecular weight excluding hydrogens is 334 g/mol. The molecule has 0 aliphatic carbocycles. The molecule has 0 amide bonds. The van der Waals surface area contributed by atoms with Crippen LogP contribution in [0.25, 0.3) is 0 Å². The third kappa shape index (κ3) is 4.84. The third-order valence-electron chi connectivity index (χ3n) is 1.61. The molecule has 1 rings (SSSR count). The maximum absolute atomic E-state index is 13.3. The minimum atomic E-state index is -4.48. The lowest BCUT2D eigenvalue weighted by atomic mass is 10.2. The van der Waals surface area contributed by atoms with Crippen molar-refractivity contribution in [3.8, 4) is 11.5 Å². The maximum Gasteiger partial charge on any atom is 0.401 e. The second kappa shape index (κ2) is 5.08. The first kappa shape index (κ1) is 15.3. The average molecular weight is 339 g/mol. The highest BCUT2D eigenvalue weighted by Gasteiger charge is 2.18. The molecule has 1 aromatic rings. The molecule has 0 fully saturated rings. The van der Waals surface area contributed by atoms with Crippen molar-refractivity contribution in [2.45, 2.75) is 6.92 Å². The van der Waals surface area contributed by atoms with Gasteiger partial charge in [0.1, 0.15) is 0 Å². The van der Waals surface area contributed by atoms with Crippen molar-refractivity contribution in [3.63, 3.8) is 0 Å². The van der Waals surface area contributed by atoms with Crippen LogP contribution in [0.1, 0.15) is 5.56 Å². The van der Waals surface area contributed by atoms with Crippen molar-refractivity contribution in [3.05, 3.63) is 23.5 Å². The lowest BCUT2D eigenvalue weighted by Crippen LogP contribution is -2.05. The Morgan fingerprint density at radius 3 is 1.89 bits per heavy atom. The van der Waals surface area contributed by atoms with E-state index in [0.29, 0.717) is 6.07 Å². The normalized spacial score (nSPS) is 12.2. The molecule has 0 heterocycles. The van der Waals surface area contributed by atoms with Crippen LogP contribution in [0.2, 0.25) is 0 Å². The minimum absolute atomic E-state index is 0.0658. The zero-order valence-corrected chi connectivity index (χ0v) is 11.7. The summed E-state index contributed by atoms with van der Waals surface area (Å²) in [7, 11) is 0.759. The molecule has 0 radical (unpaired) electrons. The summed E-state index contributed by atoms with van der Waals surface area (Å²) < 4.78 is 64.3. The fraction of sp³-hybridized carbons (Fsp3) is 0.143. The van der Waals surface area contributed by atoms with E-state index in [1.807, 2.05) is 0 Å². The van der Waals surface area contributed by atoms with Gasteiger partial charge in [-0.05, 0) is 18.6 Å². The van der Waals surface area contributed by atoms with Crippen LogP contribution in [0.15, 0.2) is 12.1 Å². The fourth-order valence-corrected chi connectivity index (χ4v) is 2.15. The predicted molar refractivity (Wildman–Crippen MR) is 61.9 cm³/mol. The van der Waals surface area contributed by atoms with Gasteiger partial charge in [0, 0.05) is 6.07 Å². The Labute approximate surface area is 111 Å². The van der Waals surface area contributed by atoms with Gasteiger partial charge in [-0.25, -0.2) is 4.39 Å². The predicted octanol–water partition coefficient (Wildman–Crippen LogP) is 1.86. The standard InChI is InChI=1S/C7H5Cl2FO6S2/c1-4-2-5(10)7(16-18(9,13)14)3-6(4)15-17(8,11)12/h2-3H,1H3. The van der Waals surface area contributed by atoms with Crippen molar-refractivity contribution in [2.75, 3.05) is 0 Å². The molecule has 102 valence electrons. The summed E-state index contributed by atoms with van der Waals surface area (Å²) in [5.41, 5.74) is 0.0658. The summed E-state index contributed by atoms with van der Waals surface area (Å²) in [6.45, 7) is 1.32. The Kier molecular flexibility index (Phi) is 4.31. The molecule has 0 saturated heterocycles. The van der Waals surface area contributed by atoms with Crippen LogP contribution < -0.4 is 8.37 Å². The molecule has 0 spiro atoms. The number of rotatable bonds is 4. The van der Waals surface area contributed by atoms with Gasteiger partial charge in [-0.1, -0.05) is 0 Å². The first-order chi connectivity index (χ1) is 7.98. The van der Waals surface area contributed by atoms with Crippen LogP contribution in [0, 0.1) is 12.7 Å². The number of halogens is 3. The van der Waals surface area contributed by atoms with Gasteiger partial charge in [0.2, 0.25) is 0 Å². The second-order valence-electron chi connectivity index (χ2n) is 3.00. The average Bonchev–Trinajstić information content (AvgIpc) is 2.08. The Hall–Kier alpha value is -0.770. The van der Waals surface area contributed by atoms with E-state index in [1.165, 1.54) is 6.92 Å². The topological polar surface area (TPSA) is 86.7 Å². The summed E-state index contributed by atoms with van der Waals surface area (Å²) in [5.74, 6) is -2.26. The minimum Gasteiger partial charge on any atom is -0.370 e. The lowest BCUT2D eigenvalue weighted by Gasteiger charge is -2.08. The van der Waals surface area contributed by atoms with Gasteiger partial charge >= 0.3 is 18.7 Å². The van der Waals surface area contributed by atoms with E-state index in [4.69, 9.17) is 21.4 Å². The van der Waals surface area contributed by atoms with Crippen LogP contribution >= 0.6 is 21.4 Å². The largest absolute Gasteiger partial charge is 0.401 e. The molecule has 0 saturated carbocycles. The molecule has 11 heteroatoms. The fourth-order valence-electron chi connectivity index (χ4n) is 1.00. The highest BCUT2D eigenvalue weighted by Crippen LogP contribution is 2.30. The van der Waals surface area contributed by atoms with Gasteiger partial charge in [0.15, 0.2) is 17.3 Å². The number of aryl methyl sites for hydroxylation is 1. The van der Waals surface area contributed by atoms with Gasteiger partial charge in [-0.15, -0.1) is 0 Å². The van der Waals surface area contributed by atoms with E-state index in [9.17, 15) is 21.2 Å². The van der Waals surface area contributed by atoms with Crippen LogP contribution in [0.5, 0.6) is 11.5 Å². The van der Waals surface area contributed by atoms with Crippen molar-refractivity contribution in [2.24, 2.45) is 0 Å². The van der Waals surface area contributed by atoms with Gasteiger partial charge in [0.25, 0.3) is 0 Å². The SMILES string of the molecule is Cc1cc(F)c(OS(=O)(=O)Cl)cc1OS(=O)(=O)Cl. The summed E-state index contributed by atoms with van der Waals surface area (Å²) >= 11 is 0. The van der Waals surface area contributed by atoms with Gasteiger partial charge < -0.3 is 8.37 Å². The molecule has 1 aromatic carbocycles. The van der Waals surface area contributed by atoms with Gasteiger partial charge in [-0.2, -0.15) is 16.8 Å². The van der Waals surface area contributed by atoms with Crippen LogP contribution in [-0.2, 0) is 18.7 Å². The molecular formula is C7H5Cl2FO6S2. The molecule has 0 aliphatic heterocycles. The maximum atomic E-state index is 13.3. The highest BCUT2D eigenvalue weighted by atomic mass is 35.7. The Morgan fingerprint density at radius 2 is 1.44 bits per heavy atom. The zero-order chi connectivity index (χ0) is 14.1. The third-order valence-corrected chi connectivity index (χ3v) is 2.74. The lowest BCUT2D eigenvalue weighted by molar-refractivity contribution is 0.467. The van der Waals surface area contributed by atoms with Gasteiger partial charge in [-0.3, -0.25) is 0 Å². The zero-order valence-electron chi connectivity index (χ0n) is 8.55. The van der Waals surface area contributed by atoms with E-state index in [2.05, 4.69) is 8.37 Å². The second-order valence-corrected chi connectivity index (χ2v) is 7.17. The molecule has 0 unspecified atom stereocenters. The van der Waals surface area contributed by atoms with Crippen molar-refractivity contribution in [1.82, 2.24) is 0 Å². The summed E-state index contributed by atoms with van der Waals surface area (Å²) in [4.78, 5) is 0. The summed E-state index contributed by atoms with van der Waals surface area (Å²) in [5, 5.41) is 0. The molecule has 0 aromatic heterocycles. The number of hydrogen-bond donors (Lipinski definition) is 0. The van der Waals surface area contributed by atoms with Crippen LogP contribution in [-0.4, -0.2) is 16.8 Å². The molecule has 0 atom stereocenters. The highest BCUT2D eigenvalue weighted by molar-refractivity contribution is 8.10. The Morgan fingerprint density at radius 1 is 1.00 bits per heavy atom. The first-order valence-corrected chi connectivity index (χ1v) is 8.53. The van der Waals surface area contributed by atoms with E-state index in [-0.39, 0.29) is 11.3 Å². The molecule has 18 heavy (non-hydrogen) atoms. The molecule has 0 aliphatic rings. The molecule has 0 bridgehead atoms. The van der Waals surface area contributed by atoms with Gasteiger partial charge in [0.05, 0.1) is 21.4 Å². The van der Waals surface area contributed by atoms with E-state index < -0.39 is 30.2 Å². The van der Waals surface area contributed by atoms with E-state index in [1.54, 1.807) is 0 Å². The first-order valence-electron chi connectivity index (χ1n) is 4.06. The van der Waals surface area contributed by atoms with Crippen molar-refractivity contribution in [1.29, 1.82) is 0 Å². The van der Waals surface area contributed by atoms with E-state index >= 15 is 0 Å². The monoisotopic (exact) mass is 338 g/mol. The van der Waals surface area contributed by atoms with Crippen LogP contribution in [0.3, 0.4) is 0 Å². The Balaban J connectivity index is 3.26. The van der Waals surface area contributed by atoms with E-state index in [0.717, 1.165) is 6.07 Å².